The van der Waals surface area contributed by atoms with Gasteiger partial charge in [-0.25, -0.2) is 0 Å². The van der Waals surface area contributed by atoms with Gasteiger partial charge < -0.3 is 5.11 Å². The number of aliphatic hydroxyl groups excluding tert-OH is 1. The van der Waals surface area contributed by atoms with E-state index in [2.05, 4.69) is 52.0 Å². The molecule has 2 rings (SSSR count). The molecule has 0 saturated carbocycles. The zero-order chi connectivity index (χ0) is 14.0. The third-order valence-corrected chi connectivity index (χ3v) is 4.95. The van der Waals surface area contributed by atoms with Crippen molar-refractivity contribution in [1.82, 2.24) is 0 Å². The Morgan fingerprint density at radius 3 is 2.37 bits per heavy atom. The molecule has 1 heterocycles. The zero-order valence-corrected chi connectivity index (χ0v) is 13.0. The number of benzene rings is 1. The van der Waals surface area contributed by atoms with E-state index in [1.165, 1.54) is 21.6 Å². The Bertz CT molecular complexity index is 549. The lowest BCUT2D eigenvalue weighted by Crippen LogP contribution is -2.03. The number of hydrogen-bond acceptors (Lipinski definition) is 2. The van der Waals surface area contributed by atoms with Crippen LogP contribution in [0.3, 0.4) is 0 Å². The van der Waals surface area contributed by atoms with Crippen LogP contribution in [-0.2, 0) is 12.8 Å². The molecule has 0 aliphatic heterocycles. The molecule has 102 valence electrons. The van der Waals surface area contributed by atoms with Gasteiger partial charge in [0, 0.05) is 9.75 Å². The number of thiophene rings is 1. The third-order valence-electron chi connectivity index (χ3n) is 3.75. The Balaban J connectivity index is 2.44. The van der Waals surface area contributed by atoms with Crippen LogP contribution in [0.4, 0.5) is 0 Å². The summed E-state index contributed by atoms with van der Waals surface area (Å²) in [6.45, 7) is 8.50. The van der Waals surface area contributed by atoms with Gasteiger partial charge in [-0.05, 0) is 55.0 Å². The van der Waals surface area contributed by atoms with Crippen LogP contribution in [0.2, 0.25) is 0 Å². The highest BCUT2D eigenvalue weighted by molar-refractivity contribution is 7.12. The highest BCUT2D eigenvalue weighted by atomic mass is 32.1. The predicted molar refractivity (Wildman–Crippen MR) is 83.1 cm³/mol. The molecule has 0 aliphatic carbocycles. The fourth-order valence-corrected chi connectivity index (χ4v) is 3.38. The maximum atomic E-state index is 10.7. The van der Waals surface area contributed by atoms with E-state index in [9.17, 15) is 5.11 Å². The lowest BCUT2D eigenvalue weighted by molar-refractivity contribution is 0.223. The van der Waals surface area contributed by atoms with Crippen LogP contribution in [-0.4, -0.2) is 5.11 Å². The first-order valence-electron chi connectivity index (χ1n) is 6.93. The Hall–Kier alpha value is -1.12. The van der Waals surface area contributed by atoms with Crippen LogP contribution in [0.15, 0.2) is 24.3 Å². The summed E-state index contributed by atoms with van der Waals surface area (Å²) >= 11 is 1.70. The number of rotatable bonds is 4. The first-order chi connectivity index (χ1) is 9.06. The number of hydrogen-bond donors (Lipinski definition) is 1. The molecule has 2 heteroatoms. The van der Waals surface area contributed by atoms with E-state index in [0.717, 1.165) is 23.3 Å². The maximum absolute atomic E-state index is 10.7. The first kappa shape index (κ1) is 14.3. The standard InChI is InChI=1S/C17H22OS/c1-5-13-7-8-14(6-2)15(10-13)17(18)16-9-11(3)12(4)19-16/h7-10,17-18H,5-6H2,1-4H3. The van der Waals surface area contributed by atoms with Crippen molar-refractivity contribution >= 4 is 11.3 Å². The molecule has 0 radical (unpaired) electrons. The van der Waals surface area contributed by atoms with Crippen LogP contribution >= 0.6 is 11.3 Å². The van der Waals surface area contributed by atoms with Crippen molar-refractivity contribution in [3.05, 3.63) is 56.3 Å². The molecule has 0 fully saturated rings. The van der Waals surface area contributed by atoms with Crippen LogP contribution in [0, 0.1) is 13.8 Å². The van der Waals surface area contributed by atoms with E-state index in [1.807, 2.05) is 0 Å². The van der Waals surface area contributed by atoms with Gasteiger partial charge in [-0.1, -0.05) is 32.0 Å². The minimum atomic E-state index is -0.487. The Morgan fingerprint density at radius 2 is 1.84 bits per heavy atom. The smallest absolute Gasteiger partial charge is 0.113 e. The normalized spacial score (nSPS) is 12.7. The highest BCUT2D eigenvalue weighted by Crippen LogP contribution is 2.33. The van der Waals surface area contributed by atoms with Gasteiger partial charge in [-0.3, -0.25) is 0 Å². The van der Waals surface area contributed by atoms with Gasteiger partial charge in [0.1, 0.15) is 6.10 Å². The van der Waals surface area contributed by atoms with Gasteiger partial charge in [-0.15, -0.1) is 11.3 Å². The Kier molecular flexibility index (Phi) is 4.43. The molecule has 0 bridgehead atoms. The third kappa shape index (κ3) is 2.90. The van der Waals surface area contributed by atoms with E-state index < -0.39 is 6.10 Å². The second-order valence-corrected chi connectivity index (χ2v) is 6.32. The lowest BCUT2D eigenvalue weighted by atomic mass is 9.96. The summed E-state index contributed by atoms with van der Waals surface area (Å²) in [6, 6.07) is 8.60. The minimum absolute atomic E-state index is 0.487. The molecule has 1 aromatic heterocycles. The average molecular weight is 274 g/mol. The highest BCUT2D eigenvalue weighted by Gasteiger charge is 2.17. The maximum Gasteiger partial charge on any atom is 0.113 e. The lowest BCUT2D eigenvalue weighted by Gasteiger charge is -2.15. The molecule has 2 aromatic rings. The van der Waals surface area contributed by atoms with Gasteiger partial charge in [0.15, 0.2) is 0 Å². The largest absolute Gasteiger partial charge is 0.383 e. The molecule has 1 N–H and O–H groups in total. The molecule has 1 nitrogen and oxygen atoms in total. The van der Waals surface area contributed by atoms with Crippen LogP contribution in [0.5, 0.6) is 0 Å². The van der Waals surface area contributed by atoms with Crippen LogP contribution < -0.4 is 0 Å². The van der Waals surface area contributed by atoms with E-state index in [4.69, 9.17) is 0 Å². The van der Waals surface area contributed by atoms with Crippen molar-refractivity contribution in [3.8, 4) is 0 Å². The van der Waals surface area contributed by atoms with Crippen molar-refractivity contribution < 1.29 is 5.11 Å². The van der Waals surface area contributed by atoms with Crippen LogP contribution in [0.1, 0.15) is 52.0 Å². The number of aryl methyl sites for hydroxylation is 4. The molecule has 1 aromatic carbocycles. The van der Waals surface area contributed by atoms with Gasteiger partial charge in [0.25, 0.3) is 0 Å². The summed E-state index contributed by atoms with van der Waals surface area (Å²) in [7, 11) is 0. The molecule has 1 atom stereocenters. The molecule has 1 unspecified atom stereocenters. The molecular weight excluding hydrogens is 252 g/mol. The topological polar surface area (TPSA) is 20.2 Å². The van der Waals surface area contributed by atoms with E-state index in [0.29, 0.717) is 0 Å². The molecule has 19 heavy (non-hydrogen) atoms. The molecule has 0 aliphatic rings. The van der Waals surface area contributed by atoms with Crippen molar-refractivity contribution in [3.63, 3.8) is 0 Å². The summed E-state index contributed by atoms with van der Waals surface area (Å²) in [5.74, 6) is 0. The average Bonchev–Trinajstić information content (AvgIpc) is 2.77. The molecule has 0 saturated heterocycles. The van der Waals surface area contributed by atoms with Crippen molar-refractivity contribution in [2.45, 2.75) is 46.6 Å². The van der Waals surface area contributed by atoms with Gasteiger partial charge in [-0.2, -0.15) is 0 Å². The zero-order valence-electron chi connectivity index (χ0n) is 12.2. The fraction of sp³-hybridized carbons (Fsp3) is 0.412. The van der Waals surface area contributed by atoms with Gasteiger partial charge in [0.2, 0.25) is 0 Å². The molecule has 0 spiro atoms. The summed E-state index contributed by atoms with van der Waals surface area (Å²) < 4.78 is 0. The molecular formula is C17H22OS. The second-order valence-electron chi connectivity index (χ2n) is 5.03. The summed E-state index contributed by atoms with van der Waals surface area (Å²) in [5.41, 5.74) is 4.87. The van der Waals surface area contributed by atoms with Crippen molar-refractivity contribution in [1.29, 1.82) is 0 Å². The van der Waals surface area contributed by atoms with E-state index in [-0.39, 0.29) is 0 Å². The molecule has 0 amide bonds. The monoisotopic (exact) mass is 274 g/mol. The first-order valence-corrected chi connectivity index (χ1v) is 7.75. The summed E-state index contributed by atoms with van der Waals surface area (Å²) in [4.78, 5) is 2.34. The van der Waals surface area contributed by atoms with Crippen LogP contribution in [0.25, 0.3) is 0 Å². The Labute approximate surface area is 119 Å². The van der Waals surface area contributed by atoms with Gasteiger partial charge >= 0.3 is 0 Å². The predicted octanol–water partition coefficient (Wildman–Crippen LogP) is 4.57. The van der Waals surface area contributed by atoms with Crippen molar-refractivity contribution in [2.24, 2.45) is 0 Å². The fourth-order valence-electron chi connectivity index (χ4n) is 2.33. The second kappa shape index (κ2) is 5.89. The van der Waals surface area contributed by atoms with Gasteiger partial charge in [0.05, 0.1) is 0 Å². The van der Waals surface area contributed by atoms with E-state index >= 15 is 0 Å². The van der Waals surface area contributed by atoms with E-state index in [1.54, 1.807) is 11.3 Å². The SMILES string of the molecule is CCc1ccc(CC)c(C(O)c2cc(C)c(C)s2)c1. The Morgan fingerprint density at radius 1 is 1.11 bits per heavy atom. The number of aliphatic hydroxyl groups is 1. The minimum Gasteiger partial charge on any atom is -0.383 e. The summed E-state index contributed by atoms with van der Waals surface area (Å²) in [5, 5.41) is 10.7. The summed E-state index contributed by atoms with van der Waals surface area (Å²) in [6.07, 6.45) is 1.48. The quantitative estimate of drug-likeness (QED) is 0.865. The van der Waals surface area contributed by atoms with Crippen molar-refractivity contribution in [2.75, 3.05) is 0 Å².